The van der Waals surface area contributed by atoms with Gasteiger partial charge in [0.2, 0.25) is 5.91 Å². The number of terminal acetylenes is 1. The van der Waals surface area contributed by atoms with Crippen LogP contribution in [0.4, 0.5) is 4.79 Å². The third-order valence-corrected chi connectivity index (χ3v) is 9.14. The minimum atomic E-state index is -1.43. The SMILES string of the molecule is C#CC[C@H](NC(=O)OC(C)(C)C)C(=O)NCCOCCOCCOCCn1cc(CNC(=O)c2ccc3c(c2)C(=O)OC32c3ccc(O)cc3Oc3cc(O)ccc32)nn1. The number of carbonyl (C=O) groups is 4. The van der Waals surface area contributed by atoms with Crippen LogP contribution in [0.25, 0.3) is 0 Å². The lowest BCUT2D eigenvalue weighted by Gasteiger charge is -2.36. The molecule has 0 saturated carbocycles. The van der Waals surface area contributed by atoms with Gasteiger partial charge in [-0.3, -0.25) is 9.59 Å². The fourth-order valence-electron chi connectivity index (χ4n) is 6.49. The molecule has 1 atom stereocenters. The Morgan fingerprint density at radius 3 is 2.17 bits per heavy atom. The third kappa shape index (κ3) is 10.3. The maximum atomic E-state index is 13.4. The maximum absolute atomic E-state index is 13.4. The average molecular weight is 827 g/mol. The first-order valence-electron chi connectivity index (χ1n) is 19.1. The lowest BCUT2D eigenvalue weighted by Crippen LogP contribution is -2.48. The molecule has 0 unspecified atom stereocenters. The molecule has 5 N–H and O–H groups in total. The van der Waals surface area contributed by atoms with E-state index in [4.69, 9.17) is 34.8 Å². The van der Waals surface area contributed by atoms with Crippen molar-refractivity contribution >= 4 is 23.9 Å². The van der Waals surface area contributed by atoms with Gasteiger partial charge >= 0.3 is 12.1 Å². The molecule has 4 aromatic rings. The first-order valence-corrected chi connectivity index (χ1v) is 19.1. The van der Waals surface area contributed by atoms with Crippen molar-refractivity contribution in [1.29, 1.82) is 0 Å². The summed E-state index contributed by atoms with van der Waals surface area (Å²) in [6.45, 7) is 7.74. The Morgan fingerprint density at radius 2 is 1.52 bits per heavy atom. The van der Waals surface area contributed by atoms with Gasteiger partial charge in [0.1, 0.15) is 40.3 Å². The molecule has 18 heteroatoms. The number of benzene rings is 3. The van der Waals surface area contributed by atoms with Crippen molar-refractivity contribution in [2.75, 3.05) is 46.2 Å². The minimum absolute atomic E-state index is 0.0117. The Balaban J connectivity index is 0.878. The van der Waals surface area contributed by atoms with Crippen LogP contribution in [0.5, 0.6) is 23.0 Å². The van der Waals surface area contributed by atoms with Crippen LogP contribution >= 0.6 is 0 Å². The topological polar surface area (TPSA) is 231 Å². The third-order valence-electron chi connectivity index (χ3n) is 9.14. The molecule has 60 heavy (non-hydrogen) atoms. The molecule has 0 radical (unpaired) electrons. The predicted octanol–water partition coefficient (Wildman–Crippen LogP) is 3.27. The summed E-state index contributed by atoms with van der Waals surface area (Å²) in [4.78, 5) is 51.0. The zero-order valence-electron chi connectivity index (χ0n) is 33.3. The summed E-state index contributed by atoms with van der Waals surface area (Å²) < 4.78 is 35.4. The van der Waals surface area contributed by atoms with Crippen molar-refractivity contribution in [2.45, 2.75) is 57.5 Å². The van der Waals surface area contributed by atoms with Crippen LogP contribution in [0.2, 0.25) is 0 Å². The van der Waals surface area contributed by atoms with E-state index in [1.165, 1.54) is 30.3 Å². The fraction of sp³-hybridized carbons (Fsp3) is 0.381. The number of hydrogen-bond donors (Lipinski definition) is 5. The van der Waals surface area contributed by atoms with Gasteiger partial charge in [-0.15, -0.1) is 17.4 Å². The second-order valence-electron chi connectivity index (χ2n) is 14.7. The monoisotopic (exact) mass is 826 g/mol. The van der Waals surface area contributed by atoms with Gasteiger partial charge in [0.25, 0.3) is 5.91 Å². The number of phenols is 2. The van der Waals surface area contributed by atoms with E-state index in [1.54, 1.807) is 55.9 Å². The van der Waals surface area contributed by atoms with Gasteiger partial charge in [-0.05, 0) is 57.2 Å². The molecule has 0 bridgehead atoms. The maximum Gasteiger partial charge on any atom is 0.408 e. The number of aromatic nitrogens is 3. The predicted molar refractivity (Wildman–Crippen MR) is 211 cm³/mol. The molecule has 2 aliphatic rings. The Morgan fingerprint density at radius 1 is 0.883 bits per heavy atom. The summed E-state index contributed by atoms with van der Waals surface area (Å²) >= 11 is 0. The number of carbonyl (C=O) groups excluding carboxylic acids is 4. The molecule has 3 aromatic carbocycles. The highest BCUT2D eigenvalue weighted by atomic mass is 16.6. The Labute approximate surface area is 345 Å². The first-order chi connectivity index (χ1) is 28.8. The van der Waals surface area contributed by atoms with Crippen molar-refractivity contribution in [1.82, 2.24) is 30.9 Å². The van der Waals surface area contributed by atoms with Crippen LogP contribution in [0.1, 0.15) is 70.3 Å². The second kappa shape index (κ2) is 18.9. The van der Waals surface area contributed by atoms with E-state index in [0.29, 0.717) is 62.0 Å². The quantitative estimate of drug-likeness (QED) is 0.0551. The van der Waals surface area contributed by atoms with Gasteiger partial charge in [0, 0.05) is 47.4 Å². The van der Waals surface area contributed by atoms with E-state index in [0.717, 1.165) is 0 Å². The number of alkyl carbamates (subject to hydrolysis) is 1. The number of aromatic hydroxyl groups is 2. The molecule has 1 spiro atoms. The molecular formula is C42H46N6O12. The van der Waals surface area contributed by atoms with Crippen LogP contribution in [0, 0.1) is 12.3 Å². The molecule has 1 aromatic heterocycles. The minimum Gasteiger partial charge on any atom is -0.508 e. The fourth-order valence-corrected chi connectivity index (χ4v) is 6.49. The molecule has 18 nitrogen and oxygen atoms in total. The second-order valence-corrected chi connectivity index (χ2v) is 14.7. The van der Waals surface area contributed by atoms with E-state index >= 15 is 0 Å². The van der Waals surface area contributed by atoms with Crippen molar-refractivity contribution in [3.63, 3.8) is 0 Å². The molecular weight excluding hydrogens is 780 g/mol. The normalized spacial score (nSPS) is 13.8. The average Bonchev–Trinajstić information content (AvgIpc) is 3.77. The Hall–Kier alpha value is -6.68. The van der Waals surface area contributed by atoms with Crippen LogP contribution in [-0.4, -0.2) is 107 Å². The van der Waals surface area contributed by atoms with E-state index < -0.39 is 41.1 Å². The summed E-state index contributed by atoms with van der Waals surface area (Å²) in [5.74, 6) is 1.25. The van der Waals surface area contributed by atoms with Gasteiger partial charge in [0.05, 0.1) is 64.5 Å². The summed E-state index contributed by atoms with van der Waals surface area (Å²) in [5, 5.41) is 36.4. The number of hydrogen-bond acceptors (Lipinski definition) is 14. The van der Waals surface area contributed by atoms with E-state index in [9.17, 15) is 29.4 Å². The van der Waals surface area contributed by atoms with E-state index in [2.05, 4.69) is 32.2 Å². The number of phenolic OH excluding ortho intramolecular Hbond substituents is 2. The molecule has 2 aliphatic heterocycles. The molecule has 316 valence electrons. The number of nitrogens with one attached hydrogen (secondary N) is 3. The van der Waals surface area contributed by atoms with Crippen LogP contribution in [-0.2, 0) is 47.2 Å². The number of fused-ring (bicyclic) bond motifs is 6. The summed E-state index contributed by atoms with van der Waals surface area (Å²) in [6.07, 6.45) is 6.30. The van der Waals surface area contributed by atoms with Gasteiger partial charge in [-0.2, -0.15) is 0 Å². The van der Waals surface area contributed by atoms with Crippen molar-refractivity contribution < 1.29 is 57.8 Å². The van der Waals surface area contributed by atoms with Crippen LogP contribution in [0.3, 0.4) is 0 Å². The first kappa shape index (κ1) is 42.9. The summed E-state index contributed by atoms with van der Waals surface area (Å²) in [7, 11) is 0. The van der Waals surface area contributed by atoms with Crippen molar-refractivity contribution in [2.24, 2.45) is 0 Å². The largest absolute Gasteiger partial charge is 0.508 e. The molecule has 0 aliphatic carbocycles. The van der Waals surface area contributed by atoms with Gasteiger partial charge in [-0.25, -0.2) is 14.3 Å². The van der Waals surface area contributed by atoms with Gasteiger partial charge < -0.3 is 54.6 Å². The van der Waals surface area contributed by atoms with Crippen LogP contribution < -0.4 is 20.7 Å². The lowest BCUT2D eigenvalue weighted by atomic mass is 9.77. The highest BCUT2D eigenvalue weighted by Crippen LogP contribution is 2.57. The van der Waals surface area contributed by atoms with Gasteiger partial charge in [-0.1, -0.05) is 11.3 Å². The van der Waals surface area contributed by atoms with Crippen molar-refractivity contribution in [3.8, 4) is 35.3 Å². The van der Waals surface area contributed by atoms with E-state index in [1.807, 2.05) is 0 Å². The number of nitrogens with zero attached hydrogens (tertiary/aromatic N) is 3. The Bertz CT molecular complexity index is 2210. The highest BCUT2D eigenvalue weighted by Gasteiger charge is 2.53. The molecule has 0 fully saturated rings. The smallest absolute Gasteiger partial charge is 0.408 e. The number of ether oxygens (including phenoxy) is 6. The van der Waals surface area contributed by atoms with Crippen LogP contribution in [0.15, 0.2) is 60.8 Å². The summed E-state index contributed by atoms with van der Waals surface area (Å²) in [5.41, 5.74) is 0.231. The standard InChI is InChI=1S/C42H46N6O12/c1-5-6-34(45-40(54)60-41(2,3)4)38(52)43-13-15-55-17-19-57-20-18-56-16-14-48-25-27(46-47-48)24-44-37(51)26-7-10-31-30(21-26)39(53)59-42(31)32-11-8-28(49)22-35(32)58-36-23-29(50)9-12-33(36)42/h1,7-12,21-23,25,34,49-50H,6,13-20,24H2,2-4H3,(H,43,52)(H,44,51)(H,45,54)/t34-/m0/s1. The van der Waals surface area contributed by atoms with Gasteiger partial charge in [0.15, 0.2) is 5.60 Å². The number of rotatable bonds is 18. The molecule has 0 saturated heterocycles. The zero-order chi connectivity index (χ0) is 42.9. The summed E-state index contributed by atoms with van der Waals surface area (Å²) in [6, 6.07) is 12.8. The zero-order valence-corrected chi connectivity index (χ0v) is 33.3. The molecule has 6 rings (SSSR count). The molecule has 3 heterocycles. The molecule has 3 amide bonds. The van der Waals surface area contributed by atoms with E-state index in [-0.39, 0.29) is 60.2 Å². The number of esters is 1. The van der Waals surface area contributed by atoms with Crippen molar-refractivity contribution in [3.05, 3.63) is 94.3 Å². The lowest BCUT2D eigenvalue weighted by molar-refractivity contribution is -0.123. The number of amides is 3. The highest BCUT2D eigenvalue weighted by molar-refractivity contribution is 6.01. The Kier molecular flexibility index (Phi) is 13.5.